The number of carbonyl (C=O) groups is 1. The first-order chi connectivity index (χ1) is 11.2. The van der Waals surface area contributed by atoms with Crippen molar-refractivity contribution >= 4 is 23.3 Å². The van der Waals surface area contributed by atoms with Crippen LogP contribution in [-0.4, -0.2) is 55.1 Å². The summed E-state index contributed by atoms with van der Waals surface area (Å²) < 4.78 is 0. The van der Waals surface area contributed by atoms with Crippen LogP contribution in [0.5, 0.6) is 0 Å². The van der Waals surface area contributed by atoms with Gasteiger partial charge in [0.1, 0.15) is 5.82 Å². The fraction of sp³-hybridized carbons (Fsp3) is 0.647. The van der Waals surface area contributed by atoms with Crippen LogP contribution in [0.1, 0.15) is 19.3 Å². The van der Waals surface area contributed by atoms with Crippen LogP contribution in [-0.2, 0) is 4.79 Å². The van der Waals surface area contributed by atoms with Crippen molar-refractivity contribution in [3.63, 3.8) is 0 Å². The molecule has 3 heterocycles. The minimum absolute atomic E-state index is 0.282. The summed E-state index contributed by atoms with van der Waals surface area (Å²) in [5, 5.41) is 4.06. The quantitative estimate of drug-likeness (QED) is 0.895. The maximum atomic E-state index is 12.8. The average molecular weight is 335 g/mol. The molecule has 1 N–H and O–H groups in total. The number of halogens is 1. The summed E-state index contributed by atoms with van der Waals surface area (Å²) >= 11 is 5.89. The van der Waals surface area contributed by atoms with E-state index in [-0.39, 0.29) is 5.92 Å². The number of amides is 1. The van der Waals surface area contributed by atoms with Gasteiger partial charge < -0.3 is 15.1 Å². The maximum Gasteiger partial charge on any atom is 0.226 e. The van der Waals surface area contributed by atoms with Crippen LogP contribution in [0.25, 0.3) is 0 Å². The van der Waals surface area contributed by atoms with Crippen molar-refractivity contribution in [2.45, 2.75) is 19.3 Å². The number of rotatable bonds is 2. The number of anilines is 1. The monoisotopic (exact) mass is 334 g/mol. The molecular weight excluding hydrogens is 312 g/mol. The molecule has 2 saturated heterocycles. The molecule has 1 aliphatic carbocycles. The predicted octanol–water partition coefficient (Wildman–Crippen LogP) is 1.77. The minimum atomic E-state index is 0.282. The molecular formula is C17H23ClN4O. The molecule has 1 unspecified atom stereocenters. The molecule has 1 saturated carbocycles. The van der Waals surface area contributed by atoms with Gasteiger partial charge in [0.25, 0.3) is 0 Å². The molecule has 0 radical (unpaired) electrons. The topological polar surface area (TPSA) is 48.5 Å². The summed E-state index contributed by atoms with van der Waals surface area (Å²) in [6, 6.07) is 3.82. The molecule has 23 heavy (non-hydrogen) atoms. The number of piperidine rings is 1. The van der Waals surface area contributed by atoms with Gasteiger partial charge in [-0.2, -0.15) is 0 Å². The molecule has 3 aliphatic rings. The van der Waals surface area contributed by atoms with Crippen LogP contribution < -0.4 is 10.2 Å². The Balaban J connectivity index is 1.33. The van der Waals surface area contributed by atoms with Gasteiger partial charge in [-0.3, -0.25) is 4.79 Å². The molecule has 3 fully saturated rings. The molecule has 124 valence electrons. The van der Waals surface area contributed by atoms with Gasteiger partial charge in [0.2, 0.25) is 5.91 Å². The highest BCUT2D eigenvalue weighted by Crippen LogP contribution is 2.59. The van der Waals surface area contributed by atoms with Crippen molar-refractivity contribution in [2.75, 3.05) is 44.2 Å². The van der Waals surface area contributed by atoms with Gasteiger partial charge in [-0.05, 0) is 49.9 Å². The molecule has 1 amide bonds. The maximum absolute atomic E-state index is 12.8. The van der Waals surface area contributed by atoms with Gasteiger partial charge in [-0.1, -0.05) is 11.6 Å². The van der Waals surface area contributed by atoms with Crippen molar-refractivity contribution in [3.05, 3.63) is 23.4 Å². The second kappa shape index (κ2) is 5.95. The number of piperazine rings is 1. The predicted molar refractivity (Wildman–Crippen MR) is 90.7 cm³/mol. The van der Waals surface area contributed by atoms with Crippen molar-refractivity contribution in [3.8, 4) is 0 Å². The van der Waals surface area contributed by atoms with Gasteiger partial charge in [-0.15, -0.1) is 0 Å². The van der Waals surface area contributed by atoms with Crippen LogP contribution in [0.3, 0.4) is 0 Å². The van der Waals surface area contributed by atoms with Crippen molar-refractivity contribution in [1.82, 2.24) is 15.2 Å². The number of hydrogen-bond acceptors (Lipinski definition) is 4. The molecule has 4 rings (SSSR count). The van der Waals surface area contributed by atoms with E-state index in [1.807, 2.05) is 12.1 Å². The lowest BCUT2D eigenvalue weighted by molar-refractivity contribution is -0.133. The zero-order valence-electron chi connectivity index (χ0n) is 13.3. The summed E-state index contributed by atoms with van der Waals surface area (Å²) in [5.41, 5.74) is 0.331. The van der Waals surface area contributed by atoms with E-state index >= 15 is 0 Å². The Morgan fingerprint density at radius 2 is 1.96 bits per heavy atom. The van der Waals surface area contributed by atoms with Crippen molar-refractivity contribution < 1.29 is 4.79 Å². The van der Waals surface area contributed by atoms with E-state index in [9.17, 15) is 4.79 Å². The first kappa shape index (κ1) is 15.2. The van der Waals surface area contributed by atoms with Crippen LogP contribution >= 0.6 is 11.6 Å². The Morgan fingerprint density at radius 3 is 2.61 bits per heavy atom. The molecule has 1 spiro atoms. The van der Waals surface area contributed by atoms with E-state index in [0.29, 0.717) is 16.3 Å². The van der Waals surface area contributed by atoms with E-state index in [4.69, 9.17) is 11.6 Å². The highest BCUT2D eigenvalue weighted by molar-refractivity contribution is 6.30. The Hall–Kier alpha value is -1.33. The summed E-state index contributed by atoms with van der Waals surface area (Å²) in [6.07, 6.45) is 5.11. The van der Waals surface area contributed by atoms with Crippen LogP contribution in [0, 0.1) is 11.3 Å². The lowest BCUT2D eigenvalue weighted by Gasteiger charge is -2.36. The van der Waals surface area contributed by atoms with Crippen molar-refractivity contribution in [1.29, 1.82) is 0 Å². The van der Waals surface area contributed by atoms with E-state index < -0.39 is 0 Å². The van der Waals surface area contributed by atoms with E-state index in [2.05, 4.69) is 20.1 Å². The third-order valence-corrected chi connectivity index (χ3v) is 5.94. The lowest BCUT2D eigenvalue weighted by Crippen LogP contribution is -2.50. The Kier molecular flexibility index (Phi) is 3.93. The molecule has 5 nitrogen and oxygen atoms in total. The first-order valence-electron chi connectivity index (χ1n) is 8.54. The molecule has 1 aromatic rings. The number of nitrogens with zero attached hydrogens (tertiary/aromatic N) is 3. The van der Waals surface area contributed by atoms with E-state index in [1.54, 1.807) is 6.20 Å². The van der Waals surface area contributed by atoms with Gasteiger partial charge in [0, 0.05) is 38.3 Å². The second-order valence-electron chi connectivity index (χ2n) is 7.02. The third-order valence-electron chi connectivity index (χ3n) is 5.71. The fourth-order valence-corrected chi connectivity index (χ4v) is 4.22. The first-order valence-corrected chi connectivity index (χ1v) is 8.92. The summed E-state index contributed by atoms with van der Waals surface area (Å²) in [4.78, 5) is 21.4. The molecule has 0 aromatic carbocycles. The Morgan fingerprint density at radius 1 is 1.22 bits per heavy atom. The molecule has 2 aliphatic heterocycles. The van der Waals surface area contributed by atoms with E-state index in [1.165, 1.54) is 0 Å². The normalized spacial score (nSPS) is 26.4. The highest BCUT2D eigenvalue weighted by atomic mass is 35.5. The summed E-state index contributed by atoms with van der Waals surface area (Å²) in [7, 11) is 0. The van der Waals surface area contributed by atoms with Gasteiger partial charge in [0.15, 0.2) is 0 Å². The van der Waals surface area contributed by atoms with Crippen LogP contribution in [0.2, 0.25) is 5.02 Å². The Labute approximate surface area is 142 Å². The fourth-order valence-electron chi connectivity index (χ4n) is 4.11. The smallest absolute Gasteiger partial charge is 0.226 e. The Bertz CT molecular complexity index is 577. The number of pyridine rings is 1. The zero-order chi connectivity index (χ0) is 15.9. The van der Waals surface area contributed by atoms with Gasteiger partial charge in [0.05, 0.1) is 5.02 Å². The molecule has 1 aromatic heterocycles. The molecule has 1 atom stereocenters. The van der Waals surface area contributed by atoms with Gasteiger partial charge >= 0.3 is 0 Å². The minimum Gasteiger partial charge on any atom is -0.353 e. The standard InChI is InChI=1S/C17H23ClN4O/c18-13-1-2-15(20-12-13)21-7-9-22(10-8-21)16(23)14-11-17(14)3-5-19-6-4-17/h1-2,12,14,19H,3-11H2. The molecule has 0 bridgehead atoms. The lowest BCUT2D eigenvalue weighted by atomic mass is 9.91. The largest absolute Gasteiger partial charge is 0.353 e. The number of nitrogens with one attached hydrogen (secondary N) is 1. The number of hydrogen-bond donors (Lipinski definition) is 1. The summed E-state index contributed by atoms with van der Waals surface area (Å²) in [6.45, 7) is 5.44. The molecule has 6 heteroatoms. The SMILES string of the molecule is O=C(C1CC12CCNCC2)N1CCN(c2ccc(Cl)cn2)CC1. The van der Waals surface area contributed by atoms with Crippen LogP contribution in [0.4, 0.5) is 5.82 Å². The second-order valence-corrected chi connectivity index (χ2v) is 7.45. The number of aromatic nitrogens is 1. The van der Waals surface area contributed by atoms with Gasteiger partial charge in [-0.25, -0.2) is 4.98 Å². The average Bonchev–Trinajstić information content (AvgIpc) is 3.28. The zero-order valence-corrected chi connectivity index (χ0v) is 14.1. The van der Waals surface area contributed by atoms with Crippen LogP contribution in [0.15, 0.2) is 18.3 Å². The third kappa shape index (κ3) is 2.92. The highest BCUT2D eigenvalue weighted by Gasteiger charge is 2.58. The van der Waals surface area contributed by atoms with Crippen molar-refractivity contribution in [2.24, 2.45) is 11.3 Å². The summed E-state index contributed by atoms with van der Waals surface area (Å²) in [5.74, 6) is 1.61. The van der Waals surface area contributed by atoms with E-state index in [0.717, 1.165) is 64.3 Å². The number of carbonyl (C=O) groups excluding carboxylic acids is 1.